The maximum absolute atomic E-state index is 11.8. The van der Waals surface area contributed by atoms with Gasteiger partial charge >= 0.3 is 13.1 Å². The Morgan fingerprint density at radius 2 is 2.00 bits per heavy atom. The van der Waals surface area contributed by atoms with Crippen molar-refractivity contribution >= 4 is 42.9 Å². The van der Waals surface area contributed by atoms with E-state index in [1.54, 1.807) is 12.3 Å². The van der Waals surface area contributed by atoms with Crippen LogP contribution in [0.5, 0.6) is 0 Å². The van der Waals surface area contributed by atoms with Crippen LogP contribution >= 0.6 is 24.0 Å². The molecule has 1 fully saturated rings. The number of halogens is 2. The molecule has 26 heavy (non-hydrogen) atoms. The first-order valence-electron chi connectivity index (χ1n) is 8.58. The number of aromatic nitrogens is 1. The lowest BCUT2D eigenvalue weighted by atomic mass is 9.74. The molecule has 2 heterocycles. The third-order valence-corrected chi connectivity index (χ3v) is 5.18. The Balaban J connectivity index is 0.00000338. The molecule has 0 radical (unpaired) electrons. The molecule has 0 aromatic carbocycles. The van der Waals surface area contributed by atoms with E-state index < -0.39 is 18.6 Å². The molecule has 0 aliphatic carbocycles. The Bertz CT molecular complexity index is 571. The fraction of sp³-hybridized carbons (Fsp3) is 0.625. The summed E-state index contributed by atoms with van der Waals surface area (Å²) in [6.07, 6.45) is 4.61. The number of carboxylic acid groups (broad SMARTS) is 1. The standard InChI is InChI=1S/C16H25BClN3O4.ClH/c18-13-3-4-14(20-11-13)21-9-5-12(6-10-21)16(19,15(22)23)7-1-2-8-17(24)25;/h3-4,11-12,24-25H,1-2,5-10,19H2,(H,22,23);1H. The molecule has 0 saturated carbocycles. The summed E-state index contributed by atoms with van der Waals surface area (Å²) in [4.78, 5) is 18.2. The zero-order chi connectivity index (χ0) is 18.4. The Hall–Kier alpha value is -1.06. The predicted octanol–water partition coefficient (Wildman–Crippen LogP) is 1.80. The number of carboxylic acids is 1. The highest BCUT2D eigenvalue weighted by Gasteiger charge is 2.43. The molecule has 7 nitrogen and oxygen atoms in total. The van der Waals surface area contributed by atoms with Gasteiger partial charge in [0.1, 0.15) is 11.4 Å². The molecule has 1 saturated heterocycles. The summed E-state index contributed by atoms with van der Waals surface area (Å²) in [5, 5.41) is 28.0. The smallest absolute Gasteiger partial charge is 0.451 e. The molecular weight excluding hydrogens is 380 g/mol. The maximum Gasteiger partial charge on any atom is 0.451 e. The third-order valence-electron chi connectivity index (χ3n) is 4.96. The van der Waals surface area contributed by atoms with E-state index in [0.717, 1.165) is 5.82 Å². The second-order valence-corrected chi connectivity index (χ2v) is 7.10. The van der Waals surface area contributed by atoms with Gasteiger partial charge in [-0.2, -0.15) is 0 Å². The zero-order valence-corrected chi connectivity index (χ0v) is 16.1. The van der Waals surface area contributed by atoms with Crippen molar-refractivity contribution in [2.24, 2.45) is 11.7 Å². The molecule has 146 valence electrons. The van der Waals surface area contributed by atoms with E-state index in [-0.39, 0.29) is 24.6 Å². The van der Waals surface area contributed by atoms with Crippen LogP contribution in [0.2, 0.25) is 11.3 Å². The Morgan fingerprint density at radius 3 is 2.50 bits per heavy atom. The molecule has 1 atom stereocenters. The summed E-state index contributed by atoms with van der Waals surface area (Å²) >= 11 is 5.85. The summed E-state index contributed by atoms with van der Waals surface area (Å²) in [5.74, 6) is -0.273. The first-order valence-corrected chi connectivity index (χ1v) is 8.95. The van der Waals surface area contributed by atoms with E-state index >= 15 is 0 Å². The average Bonchev–Trinajstić information content (AvgIpc) is 2.59. The van der Waals surface area contributed by atoms with Crippen molar-refractivity contribution in [3.05, 3.63) is 23.4 Å². The van der Waals surface area contributed by atoms with Gasteiger partial charge < -0.3 is 25.8 Å². The largest absolute Gasteiger partial charge is 0.480 e. The predicted molar refractivity (Wildman–Crippen MR) is 105 cm³/mol. The number of nitrogens with zero attached hydrogens (tertiary/aromatic N) is 2. The van der Waals surface area contributed by atoms with Crippen LogP contribution in [-0.4, -0.2) is 51.9 Å². The minimum atomic E-state index is -1.35. The summed E-state index contributed by atoms with van der Waals surface area (Å²) in [7, 11) is -1.35. The van der Waals surface area contributed by atoms with Gasteiger partial charge in [0.2, 0.25) is 0 Å². The molecule has 1 aromatic rings. The number of hydrogen-bond acceptors (Lipinski definition) is 6. The van der Waals surface area contributed by atoms with Gasteiger partial charge in [0.05, 0.1) is 5.02 Å². The van der Waals surface area contributed by atoms with Crippen LogP contribution in [0.15, 0.2) is 18.3 Å². The number of pyridine rings is 1. The monoisotopic (exact) mass is 405 g/mol. The normalized spacial score (nSPS) is 17.3. The van der Waals surface area contributed by atoms with Crippen LogP contribution in [-0.2, 0) is 4.79 Å². The number of carbonyl (C=O) groups is 1. The fourth-order valence-electron chi connectivity index (χ4n) is 3.41. The summed E-state index contributed by atoms with van der Waals surface area (Å²) in [5.41, 5.74) is 4.98. The number of anilines is 1. The molecule has 5 N–H and O–H groups in total. The van der Waals surface area contributed by atoms with Crippen LogP contribution in [0.4, 0.5) is 5.82 Å². The Morgan fingerprint density at radius 1 is 1.35 bits per heavy atom. The number of nitrogens with two attached hydrogens (primary N) is 1. The minimum absolute atomic E-state index is 0. The van der Waals surface area contributed by atoms with Gasteiger partial charge in [-0.3, -0.25) is 4.79 Å². The zero-order valence-electron chi connectivity index (χ0n) is 14.6. The third kappa shape index (κ3) is 5.99. The summed E-state index contributed by atoms with van der Waals surface area (Å²) < 4.78 is 0. The van der Waals surface area contributed by atoms with Crippen LogP contribution in [0.3, 0.4) is 0 Å². The molecular formula is C16H26BCl2N3O4. The van der Waals surface area contributed by atoms with E-state index in [4.69, 9.17) is 27.4 Å². The van der Waals surface area contributed by atoms with Crippen molar-refractivity contribution in [3.8, 4) is 0 Å². The fourth-order valence-corrected chi connectivity index (χ4v) is 3.52. The summed E-state index contributed by atoms with van der Waals surface area (Å²) in [6, 6.07) is 3.64. The van der Waals surface area contributed by atoms with Crippen LogP contribution in [0.25, 0.3) is 0 Å². The molecule has 1 aliphatic heterocycles. The minimum Gasteiger partial charge on any atom is -0.480 e. The second kappa shape index (κ2) is 10.3. The Labute approximate surface area is 165 Å². The number of unbranched alkanes of at least 4 members (excludes halogenated alkanes) is 1. The van der Waals surface area contributed by atoms with Crippen molar-refractivity contribution in [2.45, 2.75) is 44.0 Å². The van der Waals surface area contributed by atoms with Gasteiger partial charge in [0.25, 0.3) is 0 Å². The molecule has 2 rings (SSSR count). The summed E-state index contributed by atoms with van der Waals surface area (Å²) in [6.45, 7) is 1.39. The molecule has 0 spiro atoms. The quantitative estimate of drug-likeness (QED) is 0.384. The van der Waals surface area contributed by atoms with Gasteiger partial charge in [-0.1, -0.05) is 24.4 Å². The Kier molecular flexibility index (Phi) is 9.13. The SMILES string of the molecule is Cl.NC(CCCCB(O)O)(C(=O)O)C1CCN(c2ccc(Cl)cn2)CC1. The van der Waals surface area contributed by atoms with Crippen molar-refractivity contribution < 1.29 is 19.9 Å². The van der Waals surface area contributed by atoms with Gasteiger partial charge in [0.15, 0.2) is 0 Å². The van der Waals surface area contributed by atoms with E-state index in [9.17, 15) is 9.90 Å². The first-order chi connectivity index (χ1) is 11.8. The lowest BCUT2D eigenvalue weighted by Gasteiger charge is -2.40. The molecule has 1 aromatic heterocycles. The molecule has 10 heteroatoms. The molecule has 0 bridgehead atoms. The maximum atomic E-state index is 11.8. The number of rotatable bonds is 8. The van der Waals surface area contributed by atoms with E-state index in [1.807, 2.05) is 6.07 Å². The highest BCUT2D eigenvalue weighted by atomic mass is 35.5. The topological polar surface area (TPSA) is 120 Å². The second-order valence-electron chi connectivity index (χ2n) is 6.67. The average molecular weight is 406 g/mol. The number of hydrogen-bond donors (Lipinski definition) is 4. The van der Waals surface area contributed by atoms with Gasteiger partial charge in [-0.05, 0) is 43.6 Å². The van der Waals surface area contributed by atoms with Crippen LogP contribution in [0.1, 0.15) is 32.1 Å². The molecule has 1 unspecified atom stereocenters. The van der Waals surface area contributed by atoms with E-state index in [2.05, 4.69) is 9.88 Å². The number of piperidine rings is 1. The van der Waals surface area contributed by atoms with Crippen molar-refractivity contribution in [1.82, 2.24) is 4.98 Å². The lowest BCUT2D eigenvalue weighted by Crippen LogP contribution is -2.57. The molecule has 1 aliphatic rings. The van der Waals surface area contributed by atoms with E-state index in [1.165, 1.54) is 0 Å². The van der Waals surface area contributed by atoms with Crippen LogP contribution < -0.4 is 10.6 Å². The van der Waals surface area contributed by atoms with Gasteiger partial charge in [-0.25, -0.2) is 4.98 Å². The highest BCUT2D eigenvalue weighted by molar-refractivity contribution is 6.40. The lowest BCUT2D eigenvalue weighted by molar-refractivity contribution is -0.146. The van der Waals surface area contributed by atoms with E-state index in [0.29, 0.717) is 50.2 Å². The van der Waals surface area contributed by atoms with Crippen LogP contribution in [0, 0.1) is 5.92 Å². The molecule has 0 amide bonds. The highest BCUT2D eigenvalue weighted by Crippen LogP contribution is 2.32. The van der Waals surface area contributed by atoms with Crippen molar-refractivity contribution in [1.29, 1.82) is 0 Å². The van der Waals surface area contributed by atoms with Gasteiger partial charge in [-0.15, -0.1) is 12.4 Å². The van der Waals surface area contributed by atoms with Crippen molar-refractivity contribution in [2.75, 3.05) is 18.0 Å². The van der Waals surface area contributed by atoms with Gasteiger partial charge in [0, 0.05) is 19.3 Å². The first kappa shape index (κ1) is 23.0. The van der Waals surface area contributed by atoms with Crippen molar-refractivity contribution in [3.63, 3.8) is 0 Å². The number of aliphatic carboxylic acids is 1.